The van der Waals surface area contributed by atoms with Crippen molar-refractivity contribution in [3.63, 3.8) is 0 Å². The number of alkyl halides is 6. The molecule has 11 nitrogen and oxygen atoms in total. The van der Waals surface area contributed by atoms with Crippen molar-refractivity contribution >= 4 is 42.3 Å². The van der Waals surface area contributed by atoms with Gasteiger partial charge in [-0.2, -0.15) is 26.3 Å². The van der Waals surface area contributed by atoms with E-state index in [0.717, 1.165) is 37.1 Å². The summed E-state index contributed by atoms with van der Waals surface area (Å²) in [7, 11) is 4.27. The number of aliphatic hydroxyl groups is 1. The molecule has 81 heavy (non-hydrogen) atoms. The largest absolute Gasteiger partial charge is 0.453 e. The second-order valence-corrected chi connectivity index (χ2v) is 20.4. The Labute approximate surface area is 475 Å². The third-order valence-corrected chi connectivity index (χ3v) is 15.0. The third kappa shape index (κ3) is 15.3. The predicted molar refractivity (Wildman–Crippen MR) is 308 cm³/mol. The van der Waals surface area contributed by atoms with E-state index in [2.05, 4.69) is 96.1 Å². The molecule has 11 rings (SSSR count). The number of halogens is 6. The van der Waals surface area contributed by atoms with Crippen LogP contribution in [0.25, 0.3) is 0 Å². The van der Waals surface area contributed by atoms with Crippen LogP contribution in [0, 0.1) is 0 Å². The summed E-state index contributed by atoms with van der Waals surface area (Å²) in [6.45, 7) is 12.7. The van der Waals surface area contributed by atoms with Gasteiger partial charge in [0.05, 0.1) is 31.7 Å². The molecule has 0 unspecified atom stereocenters. The quantitative estimate of drug-likeness (QED) is 0.0784. The number of amides is 2. The molecule has 6 aromatic rings. The smallest absolute Gasteiger partial charge is 0.426 e. The third-order valence-electron chi connectivity index (χ3n) is 15.0. The molecule has 0 aliphatic carbocycles. The van der Waals surface area contributed by atoms with Gasteiger partial charge in [-0.3, -0.25) is 0 Å². The van der Waals surface area contributed by atoms with E-state index in [9.17, 15) is 36.2 Å². The van der Waals surface area contributed by atoms with Crippen molar-refractivity contribution in [2.75, 3.05) is 26.2 Å². The molecule has 5 fully saturated rings. The number of carbonyl (C=O) groups is 1. The second-order valence-electron chi connectivity index (χ2n) is 20.4. The van der Waals surface area contributed by atoms with Gasteiger partial charge in [0.1, 0.15) is 16.7 Å². The molecule has 0 aromatic heterocycles. The normalized spacial score (nSPS) is 20.9. The Morgan fingerprint density at radius 1 is 0.654 bits per heavy atom. The van der Waals surface area contributed by atoms with Gasteiger partial charge in [0.2, 0.25) is 0 Å². The molecule has 22 heteroatoms. The number of urea groups is 1. The molecule has 6 aromatic carbocycles. The van der Waals surface area contributed by atoms with Gasteiger partial charge in [0, 0.05) is 18.6 Å². The van der Waals surface area contributed by atoms with Gasteiger partial charge >= 0.3 is 46.8 Å². The van der Waals surface area contributed by atoms with Crippen LogP contribution in [0.1, 0.15) is 83.2 Å². The summed E-state index contributed by atoms with van der Waals surface area (Å²) in [4.78, 5) is 14.3. The number of rotatable bonds is 10. The molecular formula is C59H69B5F6N4O7. The van der Waals surface area contributed by atoms with E-state index in [-0.39, 0.29) is 64.8 Å². The van der Waals surface area contributed by atoms with Crippen molar-refractivity contribution in [3.05, 3.63) is 214 Å². The van der Waals surface area contributed by atoms with Crippen LogP contribution in [-0.4, -0.2) is 90.5 Å². The van der Waals surface area contributed by atoms with Crippen LogP contribution in [0.4, 0.5) is 31.1 Å². The number of hydrogen-bond acceptors (Lipinski definition) is 9. The fourth-order valence-corrected chi connectivity index (χ4v) is 11.3. The molecule has 5 aliphatic heterocycles. The van der Waals surface area contributed by atoms with Crippen LogP contribution in [0.2, 0.25) is 34.1 Å². The Balaban J connectivity index is 0.000000164. The lowest BCUT2D eigenvalue weighted by Gasteiger charge is -2.36. The average Bonchev–Trinajstić information content (AvgIpc) is 4.49. The van der Waals surface area contributed by atoms with Crippen LogP contribution < -0.4 is 16.0 Å². The number of fused-ring (bicyclic) bond motifs is 1. The molecule has 0 saturated carbocycles. The lowest BCUT2D eigenvalue weighted by Crippen LogP contribution is -2.46. The summed E-state index contributed by atoms with van der Waals surface area (Å²) in [6.07, 6.45) is -6.39. The first-order valence-electron chi connectivity index (χ1n) is 27.4. The molecule has 5 saturated heterocycles. The maximum absolute atomic E-state index is 13.1. The predicted octanol–water partition coefficient (Wildman–Crippen LogP) is 11.8. The molecule has 424 valence electrons. The first kappa shape index (κ1) is 62.8. The van der Waals surface area contributed by atoms with E-state index in [1.807, 2.05) is 81.1 Å². The van der Waals surface area contributed by atoms with E-state index in [1.54, 1.807) is 30.3 Å². The van der Waals surface area contributed by atoms with E-state index < -0.39 is 46.8 Å². The number of ether oxygens (including phenoxy) is 1. The van der Waals surface area contributed by atoms with Crippen molar-refractivity contribution in [1.29, 1.82) is 0 Å². The van der Waals surface area contributed by atoms with Gasteiger partial charge in [0.15, 0.2) is 0 Å². The van der Waals surface area contributed by atoms with Crippen molar-refractivity contribution in [2.24, 2.45) is 0 Å². The average molecular weight is 1110 g/mol. The van der Waals surface area contributed by atoms with E-state index in [4.69, 9.17) is 23.1 Å². The fraction of sp³-hybridized carbons (Fsp3) is 0.373. The van der Waals surface area contributed by atoms with Crippen LogP contribution in [0.15, 0.2) is 170 Å². The Hall–Kier alpha value is -5.83. The molecular weight excluding hydrogens is 1040 g/mol. The monoisotopic (exact) mass is 1110 g/mol. The van der Waals surface area contributed by atoms with E-state index in [0.29, 0.717) is 23.7 Å². The number of nitrogens with one attached hydrogen (secondary N) is 3. The van der Waals surface area contributed by atoms with Crippen LogP contribution in [0.3, 0.4) is 0 Å². The number of carbonyl (C=O) groups excluding carboxylic acids is 1. The Bertz CT molecular complexity index is 2740. The molecule has 0 spiro atoms. The molecule has 0 bridgehead atoms. The standard InChI is InChI=1S/C20H18F6N2O2.C18H20BNO.C17H19NO.C3H9B3O3.CH3B/c1-12(13-7-15(19(21,22)23)9-16(8-13)20(24,25)26)30-11-18(10-27-17(29)28-18)14-5-3-2-4-6-14;1-19-20-14-8-13-17(20)18(21-19,15-9-4-2-5-10-15)16-11-6-3-7-12-16;19-17(16-12-7-13-18-16,14-8-3-1-4-9-14)15-10-5-2-6-11-15;1-4-7-5(2)9-6(3)8-4;1-2/h2-9,12H,10-11H2,1H3,(H2,27,28,29);2-7,9-12,17H,8,13-14H2,1H3;1-6,8-11,16,18-19H,7,12-13H2;1-3H3;1H3/t12-,18-;17-;16-;;/m100../s1. The van der Waals surface area contributed by atoms with Crippen molar-refractivity contribution < 1.29 is 59.4 Å². The fourth-order valence-electron chi connectivity index (χ4n) is 11.3. The van der Waals surface area contributed by atoms with Gasteiger partial charge in [-0.25, -0.2) is 4.79 Å². The number of benzene rings is 6. The minimum absolute atomic E-state index is 0.0722. The van der Waals surface area contributed by atoms with Crippen LogP contribution in [0.5, 0.6) is 0 Å². The zero-order valence-corrected chi connectivity index (χ0v) is 46.6. The first-order valence-corrected chi connectivity index (χ1v) is 27.4. The highest BCUT2D eigenvalue weighted by Crippen LogP contribution is 2.49. The zero-order valence-electron chi connectivity index (χ0n) is 46.6. The summed E-state index contributed by atoms with van der Waals surface area (Å²) < 4.78 is 106. The highest BCUT2D eigenvalue weighted by Gasteiger charge is 2.57. The maximum Gasteiger partial charge on any atom is 0.426 e. The van der Waals surface area contributed by atoms with E-state index >= 15 is 0 Å². The molecule has 4 atom stereocenters. The maximum atomic E-state index is 13.1. The lowest BCUT2D eigenvalue weighted by molar-refractivity contribution is -0.143. The Morgan fingerprint density at radius 2 is 1.10 bits per heavy atom. The summed E-state index contributed by atoms with van der Waals surface area (Å²) in [6, 6.07) is 51.6. The molecule has 2 amide bonds. The van der Waals surface area contributed by atoms with Crippen molar-refractivity contribution in [2.45, 2.75) is 114 Å². The summed E-state index contributed by atoms with van der Waals surface area (Å²) >= 11 is 0. The zero-order chi connectivity index (χ0) is 58.4. The minimum atomic E-state index is -4.94. The lowest BCUT2D eigenvalue weighted by atomic mass is 9.74. The molecule has 2 radical (unpaired) electrons. The number of hydrogen-bond donors (Lipinski definition) is 4. The van der Waals surface area contributed by atoms with Crippen molar-refractivity contribution in [1.82, 2.24) is 20.8 Å². The van der Waals surface area contributed by atoms with E-state index in [1.165, 1.54) is 37.7 Å². The summed E-state index contributed by atoms with van der Waals surface area (Å²) in [5.41, 5.74) is -0.185. The van der Waals surface area contributed by atoms with Gasteiger partial charge in [-0.15, -0.1) is 0 Å². The number of nitrogens with zero attached hydrogens (tertiary/aromatic N) is 1. The van der Waals surface area contributed by atoms with Gasteiger partial charge in [-0.05, 0) is 125 Å². The summed E-state index contributed by atoms with van der Waals surface area (Å²) in [5.74, 6) is 0. The van der Waals surface area contributed by atoms with Crippen molar-refractivity contribution in [3.8, 4) is 0 Å². The van der Waals surface area contributed by atoms with Crippen LogP contribution in [-0.2, 0) is 52.2 Å². The Kier molecular flexibility index (Phi) is 21.7. The highest BCUT2D eigenvalue weighted by molar-refractivity contribution is 6.72. The minimum Gasteiger partial charge on any atom is -0.453 e. The topological polar surface area (TPSA) is 123 Å². The SMILES string of the molecule is CB1OB(C)OB(C)O1.CB1OC(c2ccccc2)(c2ccccc2)[C@@H]2CCCN12.C[C@@H](OC[C@@]1(c2ccccc2)CNC(=O)N1)c1cc(C(F)(F)F)cc(C(F)(F)F)c1.OC(c1ccccc1)(c1ccccc1)[C@@H]1CCCN1.[B]C. The molecule has 4 N–H and O–H groups in total. The van der Waals surface area contributed by atoms with Gasteiger partial charge in [0.25, 0.3) is 0 Å². The summed E-state index contributed by atoms with van der Waals surface area (Å²) in [5, 5.41) is 20.2. The van der Waals surface area contributed by atoms with Gasteiger partial charge < -0.3 is 49.0 Å². The van der Waals surface area contributed by atoms with Gasteiger partial charge in [-0.1, -0.05) is 158 Å². The second kappa shape index (κ2) is 28.0. The van der Waals surface area contributed by atoms with Crippen LogP contribution >= 0.6 is 0 Å². The molecule has 5 aliphatic rings. The Morgan fingerprint density at radius 3 is 1.51 bits per heavy atom. The highest BCUT2D eigenvalue weighted by atomic mass is 19.4. The first-order chi connectivity index (χ1) is 38.7. The molecule has 5 heterocycles.